The molecule has 0 bridgehead atoms. The average Bonchev–Trinajstić information content (AvgIpc) is 2.77. The number of benzene rings is 3. The highest BCUT2D eigenvalue weighted by Gasteiger charge is 2.23. The third-order valence-corrected chi connectivity index (χ3v) is 4.91. The summed E-state index contributed by atoms with van der Waals surface area (Å²) in [5.41, 5.74) is 3.49. The number of likely N-dealkylation sites (N-methyl/N-ethyl adjacent to an activating group) is 1. The van der Waals surface area contributed by atoms with Gasteiger partial charge in [0.15, 0.2) is 5.78 Å². The fourth-order valence-electron chi connectivity index (χ4n) is 3.34. The molecule has 0 radical (unpaired) electrons. The molecular weight excluding hydrogens is 397 g/mol. The molecule has 0 aliphatic heterocycles. The molecule has 6 heteroatoms. The minimum absolute atomic E-state index is 0.112. The van der Waals surface area contributed by atoms with E-state index in [1.54, 1.807) is 43.4 Å². The van der Waals surface area contributed by atoms with E-state index in [4.69, 9.17) is 9.84 Å². The van der Waals surface area contributed by atoms with Gasteiger partial charge in [-0.05, 0) is 59.6 Å². The number of Topliss-reactive ketones (excluding diaryl/α,β-unsaturated/α-hetero) is 1. The van der Waals surface area contributed by atoms with E-state index in [-0.39, 0.29) is 24.6 Å². The van der Waals surface area contributed by atoms with E-state index < -0.39 is 11.9 Å². The number of ketones is 1. The lowest BCUT2D eigenvalue weighted by atomic mass is 9.91. The van der Waals surface area contributed by atoms with Gasteiger partial charge in [0.2, 0.25) is 0 Å². The van der Waals surface area contributed by atoms with Gasteiger partial charge in [0, 0.05) is 0 Å². The number of ether oxygens (including phenoxy) is 1. The molecule has 3 aromatic carbocycles. The third kappa shape index (κ3) is 6.23. The van der Waals surface area contributed by atoms with E-state index in [0.29, 0.717) is 17.9 Å². The van der Waals surface area contributed by atoms with Crippen molar-refractivity contribution < 1.29 is 23.8 Å². The van der Waals surface area contributed by atoms with Crippen LogP contribution >= 0.6 is 0 Å². The second-order valence-corrected chi connectivity index (χ2v) is 7.21. The van der Waals surface area contributed by atoms with Crippen LogP contribution in [-0.4, -0.2) is 30.5 Å². The molecule has 0 spiro atoms. The number of hydrogen-bond acceptors (Lipinski definition) is 4. The normalized spacial score (nSPS) is 11.7. The Morgan fingerprint density at radius 1 is 1.00 bits per heavy atom. The number of carbonyl (C=O) groups is 2. The number of carboxylic acids is 1. The first kappa shape index (κ1) is 22.2. The highest BCUT2D eigenvalue weighted by atomic mass is 19.1. The maximum Gasteiger partial charge on any atom is 0.304 e. The molecule has 5 nitrogen and oxygen atoms in total. The molecule has 0 saturated carbocycles. The number of hydrogen-bond donors (Lipinski definition) is 2. The van der Waals surface area contributed by atoms with Crippen molar-refractivity contribution in [3.8, 4) is 16.9 Å². The summed E-state index contributed by atoms with van der Waals surface area (Å²) in [6.45, 7) is 0.451. The molecule has 2 N–H and O–H groups in total. The lowest BCUT2D eigenvalue weighted by Gasteiger charge is -2.15. The van der Waals surface area contributed by atoms with Crippen molar-refractivity contribution in [2.75, 3.05) is 13.6 Å². The molecule has 160 valence electrons. The number of aliphatic carboxylic acids is 1. The van der Waals surface area contributed by atoms with Crippen molar-refractivity contribution in [1.29, 1.82) is 0 Å². The van der Waals surface area contributed by atoms with Crippen LogP contribution in [0.4, 0.5) is 4.39 Å². The Kier molecular flexibility index (Phi) is 7.51. The van der Waals surface area contributed by atoms with Crippen LogP contribution in [0, 0.1) is 5.82 Å². The van der Waals surface area contributed by atoms with Crippen molar-refractivity contribution >= 4 is 11.8 Å². The van der Waals surface area contributed by atoms with E-state index in [1.165, 1.54) is 12.1 Å². The third-order valence-electron chi connectivity index (χ3n) is 4.91. The molecule has 3 aromatic rings. The van der Waals surface area contributed by atoms with Crippen LogP contribution in [0.25, 0.3) is 11.1 Å². The number of carboxylic acid groups (broad SMARTS) is 1. The number of halogens is 1. The molecule has 0 amide bonds. The zero-order valence-corrected chi connectivity index (χ0v) is 17.2. The Morgan fingerprint density at radius 3 is 2.35 bits per heavy atom. The Bertz CT molecular complexity index is 1030. The predicted molar refractivity (Wildman–Crippen MR) is 117 cm³/mol. The summed E-state index contributed by atoms with van der Waals surface area (Å²) >= 11 is 0. The molecule has 3 rings (SSSR count). The Morgan fingerprint density at radius 2 is 1.71 bits per heavy atom. The number of nitrogens with one attached hydrogen (secondary N) is 1. The minimum Gasteiger partial charge on any atom is -0.489 e. The van der Waals surface area contributed by atoms with Gasteiger partial charge in [-0.3, -0.25) is 9.59 Å². The molecule has 0 aliphatic rings. The summed E-state index contributed by atoms with van der Waals surface area (Å²) < 4.78 is 19.0. The fraction of sp³-hybridized carbons (Fsp3) is 0.200. The second-order valence-electron chi connectivity index (χ2n) is 7.21. The quantitative estimate of drug-likeness (QED) is 0.507. The number of rotatable bonds is 10. The van der Waals surface area contributed by atoms with E-state index in [0.717, 1.165) is 16.7 Å². The molecule has 1 atom stereocenters. The first-order valence-electron chi connectivity index (χ1n) is 9.93. The monoisotopic (exact) mass is 421 g/mol. The van der Waals surface area contributed by atoms with Gasteiger partial charge in [-0.25, -0.2) is 4.39 Å². The van der Waals surface area contributed by atoms with Crippen LogP contribution in [0.15, 0.2) is 72.8 Å². The van der Waals surface area contributed by atoms with Gasteiger partial charge < -0.3 is 15.2 Å². The van der Waals surface area contributed by atoms with Crippen molar-refractivity contribution in [3.63, 3.8) is 0 Å². The average molecular weight is 421 g/mol. The van der Waals surface area contributed by atoms with E-state index in [1.807, 2.05) is 24.3 Å². The van der Waals surface area contributed by atoms with E-state index in [9.17, 15) is 14.0 Å². The fourth-order valence-corrected chi connectivity index (χ4v) is 3.34. The summed E-state index contributed by atoms with van der Waals surface area (Å²) in [5.74, 6) is -1.55. The molecule has 0 saturated heterocycles. The van der Waals surface area contributed by atoms with Crippen molar-refractivity contribution in [1.82, 2.24) is 5.32 Å². The van der Waals surface area contributed by atoms with Gasteiger partial charge in [0.25, 0.3) is 0 Å². The van der Waals surface area contributed by atoms with Crippen molar-refractivity contribution in [3.05, 3.63) is 89.7 Å². The van der Waals surface area contributed by atoms with Gasteiger partial charge in [-0.1, -0.05) is 42.5 Å². The van der Waals surface area contributed by atoms with Crippen LogP contribution < -0.4 is 10.1 Å². The number of carbonyl (C=O) groups excluding carboxylic acids is 1. The van der Waals surface area contributed by atoms with Crippen LogP contribution in [-0.2, 0) is 16.2 Å². The second kappa shape index (κ2) is 10.5. The van der Waals surface area contributed by atoms with E-state index >= 15 is 0 Å². The van der Waals surface area contributed by atoms with Crippen LogP contribution in [0.2, 0.25) is 0 Å². The van der Waals surface area contributed by atoms with Crippen molar-refractivity contribution in [2.24, 2.45) is 0 Å². The van der Waals surface area contributed by atoms with Gasteiger partial charge in [0.1, 0.15) is 18.2 Å². The predicted octanol–water partition coefficient (Wildman–Crippen LogP) is 4.42. The van der Waals surface area contributed by atoms with Gasteiger partial charge in [-0.15, -0.1) is 0 Å². The highest BCUT2D eigenvalue weighted by molar-refractivity contribution is 5.90. The molecule has 0 fully saturated rings. The zero-order valence-electron chi connectivity index (χ0n) is 17.2. The molecule has 0 heterocycles. The molecule has 0 aromatic heterocycles. The first-order valence-corrected chi connectivity index (χ1v) is 9.93. The smallest absolute Gasteiger partial charge is 0.304 e. The SMILES string of the molecule is CNCC(=O)C(CC(=O)O)c1ccc(OCc2cccc(-c3ccc(F)cc3)c2)cc1. The largest absolute Gasteiger partial charge is 0.489 e. The summed E-state index contributed by atoms with van der Waals surface area (Å²) in [4.78, 5) is 23.4. The lowest BCUT2D eigenvalue weighted by molar-refractivity contribution is -0.139. The Balaban J connectivity index is 1.67. The zero-order chi connectivity index (χ0) is 22.2. The first-order chi connectivity index (χ1) is 15.0. The van der Waals surface area contributed by atoms with Gasteiger partial charge >= 0.3 is 5.97 Å². The maximum atomic E-state index is 13.1. The summed E-state index contributed by atoms with van der Waals surface area (Å²) in [6, 6.07) is 21.1. The van der Waals surface area contributed by atoms with Gasteiger partial charge in [-0.2, -0.15) is 0 Å². The van der Waals surface area contributed by atoms with E-state index in [2.05, 4.69) is 5.32 Å². The lowest BCUT2D eigenvalue weighted by Crippen LogP contribution is -2.26. The summed E-state index contributed by atoms with van der Waals surface area (Å²) in [5, 5.41) is 11.9. The van der Waals surface area contributed by atoms with Crippen LogP contribution in [0.3, 0.4) is 0 Å². The van der Waals surface area contributed by atoms with Crippen LogP contribution in [0.1, 0.15) is 23.5 Å². The molecule has 1 unspecified atom stereocenters. The van der Waals surface area contributed by atoms with Crippen molar-refractivity contribution in [2.45, 2.75) is 18.9 Å². The maximum absolute atomic E-state index is 13.1. The van der Waals surface area contributed by atoms with Crippen LogP contribution in [0.5, 0.6) is 5.75 Å². The standard InChI is InChI=1S/C25H24FNO4/c1-27-15-24(28)23(14-25(29)30)19-7-11-22(12-8-19)31-16-17-3-2-4-20(13-17)18-5-9-21(26)10-6-18/h2-13,23,27H,14-16H2,1H3,(H,29,30). The Hall–Kier alpha value is -3.51. The topological polar surface area (TPSA) is 75.6 Å². The minimum atomic E-state index is -1.02. The molecular formula is C25H24FNO4. The molecule has 31 heavy (non-hydrogen) atoms. The highest BCUT2D eigenvalue weighted by Crippen LogP contribution is 2.25. The Labute approximate surface area is 180 Å². The summed E-state index contributed by atoms with van der Waals surface area (Å²) in [6.07, 6.45) is -0.253. The molecule has 0 aliphatic carbocycles. The summed E-state index contributed by atoms with van der Waals surface area (Å²) in [7, 11) is 1.65. The van der Waals surface area contributed by atoms with Gasteiger partial charge in [0.05, 0.1) is 18.9 Å².